The molecule has 3 heteroatoms. The summed E-state index contributed by atoms with van der Waals surface area (Å²) in [4.78, 5) is 14.5. The molecule has 17 heavy (non-hydrogen) atoms. The molecular weight excluding hydrogens is 212 g/mol. The molecule has 3 rings (SSSR count). The SMILES string of the molecule is CC1(C(=O)N2Cc3ccccc3C2)CCNC1. The largest absolute Gasteiger partial charge is 0.334 e. The topological polar surface area (TPSA) is 32.3 Å². The van der Waals surface area contributed by atoms with Gasteiger partial charge >= 0.3 is 0 Å². The number of fused-ring (bicyclic) bond motifs is 1. The van der Waals surface area contributed by atoms with E-state index in [1.165, 1.54) is 11.1 Å². The maximum absolute atomic E-state index is 12.5. The standard InChI is InChI=1S/C14H18N2O/c1-14(6-7-15-10-14)13(17)16-8-11-4-2-3-5-12(11)9-16/h2-5,15H,6-10H2,1H3. The highest BCUT2D eigenvalue weighted by Gasteiger charge is 2.40. The zero-order valence-corrected chi connectivity index (χ0v) is 10.2. The Kier molecular flexibility index (Phi) is 2.44. The van der Waals surface area contributed by atoms with Crippen molar-refractivity contribution in [2.45, 2.75) is 26.4 Å². The number of benzene rings is 1. The van der Waals surface area contributed by atoms with Crippen LogP contribution < -0.4 is 5.32 Å². The number of hydrogen-bond acceptors (Lipinski definition) is 2. The molecule has 1 N–H and O–H groups in total. The first-order chi connectivity index (χ1) is 8.19. The van der Waals surface area contributed by atoms with Gasteiger partial charge in [0.2, 0.25) is 5.91 Å². The smallest absolute Gasteiger partial charge is 0.230 e. The molecule has 2 heterocycles. The highest BCUT2D eigenvalue weighted by Crippen LogP contribution is 2.31. The Bertz CT molecular complexity index is 424. The van der Waals surface area contributed by atoms with Crippen molar-refractivity contribution in [3.8, 4) is 0 Å². The van der Waals surface area contributed by atoms with Crippen molar-refractivity contribution in [1.29, 1.82) is 0 Å². The molecule has 0 radical (unpaired) electrons. The number of carbonyl (C=O) groups is 1. The van der Waals surface area contributed by atoms with Crippen LogP contribution in [-0.4, -0.2) is 23.9 Å². The van der Waals surface area contributed by atoms with Crippen LogP contribution in [0.1, 0.15) is 24.5 Å². The summed E-state index contributed by atoms with van der Waals surface area (Å²) >= 11 is 0. The lowest BCUT2D eigenvalue weighted by Gasteiger charge is -2.27. The molecule has 2 aliphatic rings. The fourth-order valence-corrected chi connectivity index (χ4v) is 2.86. The van der Waals surface area contributed by atoms with Gasteiger partial charge < -0.3 is 10.2 Å². The average molecular weight is 230 g/mol. The van der Waals surface area contributed by atoms with Crippen molar-refractivity contribution in [3.05, 3.63) is 35.4 Å². The Morgan fingerprint density at radius 1 is 1.29 bits per heavy atom. The number of rotatable bonds is 1. The van der Waals surface area contributed by atoms with E-state index in [9.17, 15) is 4.79 Å². The molecule has 1 aromatic rings. The molecule has 1 unspecified atom stereocenters. The Labute approximate surface area is 102 Å². The Morgan fingerprint density at radius 2 is 1.94 bits per heavy atom. The minimum absolute atomic E-state index is 0.192. The number of amides is 1. The molecule has 1 aromatic carbocycles. The molecule has 1 saturated heterocycles. The zero-order valence-electron chi connectivity index (χ0n) is 10.2. The van der Waals surface area contributed by atoms with E-state index in [0.717, 1.165) is 32.6 Å². The summed E-state index contributed by atoms with van der Waals surface area (Å²) in [5.41, 5.74) is 2.41. The first kappa shape index (κ1) is 10.8. The molecule has 3 nitrogen and oxygen atoms in total. The second-order valence-corrected chi connectivity index (χ2v) is 5.42. The van der Waals surface area contributed by atoms with Gasteiger partial charge in [0.25, 0.3) is 0 Å². The van der Waals surface area contributed by atoms with Crippen LogP contribution in [0, 0.1) is 5.41 Å². The molecule has 1 amide bonds. The third kappa shape index (κ3) is 1.75. The van der Waals surface area contributed by atoms with Gasteiger partial charge in [-0.2, -0.15) is 0 Å². The Hall–Kier alpha value is -1.35. The van der Waals surface area contributed by atoms with E-state index in [-0.39, 0.29) is 5.41 Å². The van der Waals surface area contributed by atoms with Crippen molar-refractivity contribution in [2.24, 2.45) is 5.41 Å². The Balaban J connectivity index is 1.78. The van der Waals surface area contributed by atoms with Gasteiger partial charge in [0.15, 0.2) is 0 Å². The molecule has 0 saturated carbocycles. The fraction of sp³-hybridized carbons (Fsp3) is 0.500. The highest BCUT2D eigenvalue weighted by atomic mass is 16.2. The van der Waals surface area contributed by atoms with Crippen molar-refractivity contribution >= 4 is 5.91 Å². The van der Waals surface area contributed by atoms with Gasteiger partial charge in [-0.05, 0) is 31.0 Å². The molecule has 0 aliphatic carbocycles. The molecule has 0 spiro atoms. The first-order valence-electron chi connectivity index (χ1n) is 6.26. The van der Waals surface area contributed by atoms with E-state index in [2.05, 4.69) is 24.4 Å². The van der Waals surface area contributed by atoms with Crippen LogP contribution in [0.2, 0.25) is 0 Å². The van der Waals surface area contributed by atoms with Crippen LogP contribution in [-0.2, 0) is 17.9 Å². The maximum Gasteiger partial charge on any atom is 0.230 e. The molecule has 0 bridgehead atoms. The monoisotopic (exact) mass is 230 g/mol. The van der Waals surface area contributed by atoms with Crippen LogP contribution in [0.5, 0.6) is 0 Å². The molecule has 0 aromatic heterocycles. The van der Waals surface area contributed by atoms with Gasteiger partial charge in [0.05, 0.1) is 5.41 Å². The van der Waals surface area contributed by atoms with E-state index in [4.69, 9.17) is 0 Å². The van der Waals surface area contributed by atoms with Gasteiger partial charge in [-0.15, -0.1) is 0 Å². The number of carbonyl (C=O) groups excluding carboxylic acids is 1. The average Bonchev–Trinajstić information content (AvgIpc) is 2.94. The zero-order chi connectivity index (χ0) is 11.9. The predicted octanol–water partition coefficient (Wildman–Crippen LogP) is 1.53. The number of nitrogens with zero attached hydrogens (tertiary/aromatic N) is 1. The minimum Gasteiger partial charge on any atom is -0.334 e. The van der Waals surface area contributed by atoms with Crippen molar-refractivity contribution < 1.29 is 4.79 Å². The summed E-state index contributed by atoms with van der Waals surface area (Å²) < 4.78 is 0. The van der Waals surface area contributed by atoms with Crippen LogP contribution in [0.25, 0.3) is 0 Å². The van der Waals surface area contributed by atoms with Gasteiger partial charge in [-0.3, -0.25) is 4.79 Å². The van der Waals surface area contributed by atoms with E-state index in [1.54, 1.807) is 0 Å². The second kappa shape index (κ2) is 3.84. The van der Waals surface area contributed by atoms with Gasteiger partial charge in [0.1, 0.15) is 0 Å². The van der Waals surface area contributed by atoms with Crippen molar-refractivity contribution in [1.82, 2.24) is 10.2 Å². The lowest BCUT2D eigenvalue weighted by Crippen LogP contribution is -2.40. The number of hydrogen-bond donors (Lipinski definition) is 1. The molecule has 1 atom stereocenters. The second-order valence-electron chi connectivity index (χ2n) is 5.42. The van der Waals surface area contributed by atoms with Crippen molar-refractivity contribution in [2.75, 3.05) is 13.1 Å². The first-order valence-corrected chi connectivity index (χ1v) is 6.26. The lowest BCUT2D eigenvalue weighted by atomic mass is 9.88. The van der Waals surface area contributed by atoms with Gasteiger partial charge in [0, 0.05) is 19.6 Å². The number of nitrogens with one attached hydrogen (secondary N) is 1. The van der Waals surface area contributed by atoms with Gasteiger partial charge in [-0.25, -0.2) is 0 Å². The van der Waals surface area contributed by atoms with Crippen LogP contribution >= 0.6 is 0 Å². The fourth-order valence-electron chi connectivity index (χ4n) is 2.86. The molecule has 2 aliphatic heterocycles. The van der Waals surface area contributed by atoms with Crippen LogP contribution in [0.4, 0.5) is 0 Å². The summed E-state index contributed by atoms with van der Waals surface area (Å²) in [6, 6.07) is 8.34. The lowest BCUT2D eigenvalue weighted by molar-refractivity contribution is -0.140. The van der Waals surface area contributed by atoms with Crippen LogP contribution in [0.15, 0.2) is 24.3 Å². The summed E-state index contributed by atoms with van der Waals surface area (Å²) in [7, 11) is 0. The van der Waals surface area contributed by atoms with Crippen molar-refractivity contribution in [3.63, 3.8) is 0 Å². The molecule has 90 valence electrons. The predicted molar refractivity (Wildman–Crippen MR) is 66.3 cm³/mol. The van der Waals surface area contributed by atoms with E-state index in [1.807, 2.05) is 17.0 Å². The van der Waals surface area contributed by atoms with E-state index >= 15 is 0 Å². The summed E-state index contributed by atoms with van der Waals surface area (Å²) in [6.45, 7) is 5.43. The highest BCUT2D eigenvalue weighted by molar-refractivity contribution is 5.83. The third-order valence-corrected chi connectivity index (χ3v) is 4.01. The van der Waals surface area contributed by atoms with Gasteiger partial charge in [-0.1, -0.05) is 24.3 Å². The van der Waals surface area contributed by atoms with Crippen LogP contribution in [0.3, 0.4) is 0 Å². The minimum atomic E-state index is -0.192. The summed E-state index contributed by atoms with van der Waals surface area (Å²) in [6.07, 6.45) is 0.957. The third-order valence-electron chi connectivity index (χ3n) is 4.01. The molecular formula is C14H18N2O. The van der Waals surface area contributed by atoms with E-state index < -0.39 is 0 Å². The maximum atomic E-state index is 12.5. The molecule has 1 fully saturated rings. The summed E-state index contributed by atoms with van der Waals surface area (Å²) in [5.74, 6) is 0.304. The normalized spacial score (nSPS) is 27.2. The quantitative estimate of drug-likeness (QED) is 0.793. The van der Waals surface area contributed by atoms with E-state index in [0.29, 0.717) is 5.91 Å². The summed E-state index contributed by atoms with van der Waals surface area (Å²) in [5, 5.41) is 3.29. The Morgan fingerprint density at radius 3 is 2.47 bits per heavy atom.